The van der Waals surface area contributed by atoms with Crippen LogP contribution in [0.5, 0.6) is 5.75 Å². The van der Waals surface area contributed by atoms with Gasteiger partial charge in [-0.05, 0) is 43.7 Å². The monoisotopic (exact) mass is 428 g/mol. The molecule has 0 radical (unpaired) electrons. The molecule has 5 rings (SSSR count). The summed E-state index contributed by atoms with van der Waals surface area (Å²) in [6.07, 6.45) is 3.93. The highest BCUT2D eigenvalue weighted by Gasteiger charge is 2.20. The maximum atomic E-state index is 12.9. The second-order valence-electron chi connectivity index (χ2n) is 7.27. The molecule has 1 aromatic carbocycles. The number of hydrogen-bond donors (Lipinski definition) is 1. The molecule has 5 aromatic rings. The van der Waals surface area contributed by atoms with Gasteiger partial charge in [-0.3, -0.25) is 9.78 Å². The van der Waals surface area contributed by atoms with Crippen LogP contribution in [0.1, 0.15) is 22.5 Å². The van der Waals surface area contributed by atoms with Gasteiger partial charge < -0.3 is 19.0 Å². The first kappa shape index (κ1) is 19.7. The number of para-hydroxylation sites is 1. The smallest absolute Gasteiger partial charge is 0.259 e. The van der Waals surface area contributed by atoms with Gasteiger partial charge in [0.15, 0.2) is 5.76 Å². The predicted molar refractivity (Wildman–Crippen MR) is 118 cm³/mol. The van der Waals surface area contributed by atoms with Crippen molar-refractivity contribution in [2.45, 2.75) is 13.3 Å². The van der Waals surface area contributed by atoms with Crippen molar-refractivity contribution in [2.24, 2.45) is 0 Å². The van der Waals surface area contributed by atoms with Crippen LogP contribution in [0.3, 0.4) is 0 Å². The SMILES string of the molecule is Cc1noc2nc(-c3ccco3)cc(C(=O)NCCCOc3cccc4cccnc34)c12. The third-order valence-corrected chi connectivity index (χ3v) is 5.10. The molecule has 0 fully saturated rings. The number of aromatic nitrogens is 3. The summed E-state index contributed by atoms with van der Waals surface area (Å²) in [6.45, 7) is 2.68. The molecule has 0 spiro atoms. The number of carbonyl (C=O) groups is 1. The topological polar surface area (TPSA) is 103 Å². The van der Waals surface area contributed by atoms with E-state index in [1.54, 1.807) is 37.6 Å². The highest BCUT2D eigenvalue weighted by molar-refractivity contribution is 6.06. The zero-order valence-corrected chi connectivity index (χ0v) is 17.4. The lowest BCUT2D eigenvalue weighted by molar-refractivity contribution is 0.0953. The number of benzene rings is 1. The van der Waals surface area contributed by atoms with Crippen molar-refractivity contribution in [1.29, 1.82) is 0 Å². The number of fused-ring (bicyclic) bond motifs is 2. The number of aryl methyl sites for hydroxylation is 1. The average molecular weight is 428 g/mol. The lowest BCUT2D eigenvalue weighted by Gasteiger charge is -2.10. The number of carbonyl (C=O) groups excluding carboxylic acids is 1. The van der Waals surface area contributed by atoms with Crippen molar-refractivity contribution in [3.05, 3.63) is 72.2 Å². The van der Waals surface area contributed by atoms with E-state index in [1.807, 2.05) is 30.3 Å². The van der Waals surface area contributed by atoms with Crippen molar-refractivity contribution < 1.29 is 18.5 Å². The molecule has 0 atom stereocenters. The summed E-state index contributed by atoms with van der Waals surface area (Å²) < 4.78 is 16.6. The molecule has 1 N–H and O–H groups in total. The molecule has 4 heterocycles. The largest absolute Gasteiger partial charge is 0.491 e. The summed E-state index contributed by atoms with van der Waals surface area (Å²) in [4.78, 5) is 21.8. The summed E-state index contributed by atoms with van der Waals surface area (Å²) in [7, 11) is 0. The van der Waals surface area contributed by atoms with Gasteiger partial charge in [0.05, 0.1) is 29.5 Å². The number of nitrogens with zero attached hydrogens (tertiary/aromatic N) is 3. The van der Waals surface area contributed by atoms with E-state index in [-0.39, 0.29) is 5.91 Å². The Labute approximate surface area is 183 Å². The van der Waals surface area contributed by atoms with Gasteiger partial charge in [0.25, 0.3) is 11.6 Å². The molecule has 0 unspecified atom stereocenters. The minimum absolute atomic E-state index is 0.233. The second-order valence-corrected chi connectivity index (χ2v) is 7.27. The maximum absolute atomic E-state index is 12.9. The predicted octanol–water partition coefficient (Wildman–Crippen LogP) is 4.54. The van der Waals surface area contributed by atoms with Crippen LogP contribution in [0.25, 0.3) is 33.5 Å². The molecule has 1 amide bonds. The average Bonchev–Trinajstić information content (AvgIpc) is 3.49. The van der Waals surface area contributed by atoms with Gasteiger partial charge in [-0.1, -0.05) is 23.4 Å². The molecule has 8 nitrogen and oxygen atoms in total. The van der Waals surface area contributed by atoms with E-state index in [4.69, 9.17) is 13.7 Å². The van der Waals surface area contributed by atoms with Gasteiger partial charge >= 0.3 is 0 Å². The lowest BCUT2D eigenvalue weighted by atomic mass is 10.1. The van der Waals surface area contributed by atoms with Crippen LogP contribution in [-0.2, 0) is 0 Å². The maximum Gasteiger partial charge on any atom is 0.259 e. The van der Waals surface area contributed by atoms with Crippen LogP contribution in [-0.4, -0.2) is 34.2 Å². The van der Waals surface area contributed by atoms with Crippen LogP contribution in [0.15, 0.2) is 69.9 Å². The van der Waals surface area contributed by atoms with Gasteiger partial charge in [0.2, 0.25) is 0 Å². The molecule has 8 heteroatoms. The van der Waals surface area contributed by atoms with Crippen molar-refractivity contribution in [2.75, 3.05) is 13.2 Å². The summed E-state index contributed by atoms with van der Waals surface area (Å²) >= 11 is 0. The highest BCUT2D eigenvalue weighted by atomic mass is 16.5. The van der Waals surface area contributed by atoms with Gasteiger partial charge in [-0.2, -0.15) is 0 Å². The van der Waals surface area contributed by atoms with Gasteiger partial charge in [-0.15, -0.1) is 0 Å². The zero-order valence-electron chi connectivity index (χ0n) is 17.4. The standard InChI is InChI=1S/C24H20N4O4/c1-15-21-17(14-18(19-9-4-12-30-19)27-24(21)32-28-15)23(29)26-11-5-13-31-20-8-2-6-16-7-3-10-25-22(16)20/h2-4,6-10,12,14H,5,11,13H2,1H3,(H,26,29). The summed E-state index contributed by atoms with van der Waals surface area (Å²) in [5.74, 6) is 1.05. The van der Waals surface area contributed by atoms with Gasteiger partial charge in [0, 0.05) is 18.1 Å². The van der Waals surface area contributed by atoms with E-state index in [9.17, 15) is 4.79 Å². The Morgan fingerprint density at radius 2 is 2.06 bits per heavy atom. The van der Waals surface area contributed by atoms with Crippen molar-refractivity contribution in [1.82, 2.24) is 20.4 Å². The molecule has 0 aliphatic rings. The van der Waals surface area contributed by atoms with Crippen LogP contribution in [0, 0.1) is 6.92 Å². The van der Waals surface area contributed by atoms with E-state index < -0.39 is 0 Å². The Morgan fingerprint density at radius 1 is 1.16 bits per heavy atom. The molecule has 0 saturated heterocycles. The quantitative estimate of drug-likeness (QED) is 0.380. The van der Waals surface area contributed by atoms with E-state index in [0.717, 1.165) is 16.7 Å². The van der Waals surface area contributed by atoms with E-state index in [1.165, 1.54) is 0 Å². The Kier molecular flexibility index (Phi) is 5.25. The minimum Gasteiger partial charge on any atom is -0.491 e. The number of nitrogens with one attached hydrogen (secondary N) is 1. The van der Waals surface area contributed by atoms with E-state index >= 15 is 0 Å². The first-order chi connectivity index (χ1) is 15.7. The molecule has 160 valence electrons. The summed E-state index contributed by atoms with van der Waals surface area (Å²) in [5, 5.41) is 8.51. The molecule has 32 heavy (non-hydrogen) atoms. The van der Waals surface area contributed by atoms with E-state index in [2.05, 4.69) is 20.4 Å². The Balaban J connectivity index is 1.26. The third-order valence-electron chi connectivity index (χ3n) is 5.10. The summed E-state index contributed by atoms with van der Waals surface area (Å²) in [6, 6.07) is 14.9. The normalized spacial score (nSPS) is 11.2. The van der Waals surface area contributed by atoms with Crippen molar-refractivity contribution >= 4 is 27.9 Å². The molecule has 0 aliphatic carbocycles. The van der Waals surface area contributed by atoms with Crippen LogP contribution in [0.2, 0.25) is 0 Å². The fraction of sp³-hybridized carbons (Fsp3) is 0.167. The molecular formula is C24H20N4O4. The Morgan fingerprint density at radius 3 is 2.94 bits per heavy atom. The highest BCUT2D eigenvalue weighted by Crippen LogP contribution is 2.27. The lowest BCUT2D eigenvalue weighted by Crippen LogP contribution is -2.26. The van der Waals surface area contributed by atoms with Crippen LogP contribution in [0.4, 0.5) is 0 Å². The fourth-order valence-corrected chi connectivity index (χ4v) is 3.57. The number of furan rings is 1. The van der Waals surface area contributed by atoms with Gasteiger partial charge in [0.1, 0.15) is 17.0 Å². The number of ether oxygens (including phenoxy) is 1. The van der Waals surface area contributed by atoms with Crippen LogP contribution >= 0.6 is 0 Å². The fourth-order valence-electron chi connectivity index (χ4n) is 3.57. The first-order valence-corrected chi connectivity index (χ1v) is 10.3. The van der Waals surface area contributed by atoms with Gasteiger partial charge in [-0.25, -0.2) is 4.98 Å². The molecule has 0 bridgehead atoms. The number of hydrogen-bond acceptors (Lipinski definition) is 7. The number of amides is 1. The van der Waals surface area contributed by atoms with E-state index in [0.29, 0.717) is 53.4 Å². The van der Waals surface area contributed by atoms with Crippen molar-refractivity contribution in [3.8, 4) is 17.2 Å². The van der Waals surface area contributed by atoms with Crippen molar-refractivity contribution in [3.63, 3.8) is 0 Å². The Hall–Kier alpha value is -4.20. The number of rotatable bonds is 7. The summed E-state index contributed by atoms with van der Waals surface area (Å²) in [5.41, 5.74) is 2.69. The third kappa shape index (κ3) is 3.78. The van der Waals surface area contributed by atoms with Crippen LogP contribution < -0.4 is 10.1 Å². The number of pyridine rings is 2. The molecule has 4 aromatic heterocycles. The molecular weight excluding hydrogens is 408 g/mol. The Bertz CT molecular complexity index is 1390. The second kappa shape index (κ2) is 8.50. The molecule has 0 aliphatic heterocycles. The first-order valence-electron chi connectivity index (χ1n) is 10.3. The minimum atomic E-state index is -0.233. The molecule has 0 saturated carbocycles. The zero-order chi connectivity index (χ0) is 21.9.